The minimum absolute atomic E-state index is 0.687. The van der Waals surface area contributed by atoms with Crippen LogP contribution in [0.15, 0.2) is 110 Å². The number of hydrogen-bond donors (Lipinski definition) is 0. The maximum absolute atomic E-state index is 4.19. The van der Waals surface area contributed by atoms with Crippen LogP contribution in [0, 0.1) is 38.5 Å². The lowest BCUT2D eigenvalue weighted by molar-refractivity contribution is 0.579. The van der Waals surface area contributed by atoms with Gasteiger partial charge in [-0.15, -0.1) is 6.58 Å². The van der Waals surface area contributed by atoms with Gasteiger partial charge in [0.05, 0.1) is 0 Å². The highest BCUT2D eigenvalue weighted by Gasteiger charge is 2.17. The van der Waals surface area contributed by atoms with E-state index in [0.29, 0.717) is 5.92 Å². The number of unbranched alkanes of at least 4 members (excludes halogenated alkanes) is 4. The van der Waals surface area contributed by atoms with Crippen molar-refractivity contribution in [3.05, 3.63) is 138 Å². The second kappa shape index (κ2) is 35.9. The smallest absolute Gasteiger partial charge is 0.00204 e. The molecule has 1 saturated carbocycles. The van der Waals surface area contributed by atoms with Gasteiger partial charge >= 0.3 is 0 Å². The topological polar surface area (TPSA) is 0 Å². The maximum atomic E-state index is 4.19. The summed E-state index contributed by atoms with van der Waals surface area (Å²) in [5.41, 5.74) is 11.9. The van der Waals surface area contributed by atoms with Crippen LogP contribution in [0.1, 0.15) is 175 Å². The summed E-state index contributed by atoms with van der Waals surface area (Å²) in [6.45, 7) is 45.2. The second-order valence-corrected chi connectivity index (χ2v) is 14.8. The summed E-state index contributed by atoms with van der Waals surface area (Å²) in [5.74, 6) is 2.36. The molecule has 0 nitrogen and oxygen atoms in total. The van der Waals surface area contributed by atoms with Crippen molar-refractivity contribution in [2.24, 2.45) is 17.8 Å². The van der Waals surface area contributed by atoms with Gasteiger partial charge in [0.2, 0.25) is 0 Å². The zero-order chi connectivity index (χ0) is 41.2. The highest BCUT2D eigenvalue weighted by Crippen LogP contribution is 2.30. The molecular formula is C53H88. The molecule has 2 aliphatic rings. The molecule has 0 heteroatoms. The number of aryl methyl sites for hydroxylation is 4. The molecule has 0 spiro atoms. The Balaban J connectivity index is -0.000000582. The van der Waals surface area contributed by atoms with Crippen LogP contribution in [0.2, 0.25) is 0 Å². The van der Waals surface area contributed by atoms with Crippen molar-refractivity contribution < 1.29 is 0 Å². The van der Waals surface area contributed by atoms with Crippen molar-refractivity contribution in [1.29, 1.82) is 0 Å². The average Bonchev–Trinajstić information content (AvgIpc) is 3.91. The van der Waals surface area contributed by atoms with E-state index in [4.69, 9.17) is 0 Å². The lowest BCUT2D eigenvalue weighted by Gasteiger charge is -2.12. The van der Waals surface area contributed by atoms with Gasteiger partial charge in [0.25, 0.3) is 0 Å². The molecule has 0 aliphatic heterocycles. The predicted molar refractivity (Wildman–Crippen MR) is 249 cm³/mol. The van der Waals surface area contributed by atoms with Crippen molar-refractivity contribution in [2.45, 2.75) is 174 Å². The van der Waals surface area contributed by atoms with Crippen LogP contribution in [-0.2, 0) is 6.42 Å². The van der Waals surface area contributed by atoms with Gasteiger partial charge in [-0.25, -0.2) is 0 Å². The number of benzene rings is 2. The fourth-order valence-corrected chi connectivity index (χ4v) is 4.81. The van der Waals surface area contributed by atoms with Crippen molar-refractivity contribution in [3.63, 3.8) is 0 Å². The Morgan fingerprint density at radius 1 is 0.736 bits per heavy atom. The molecule has 2 aliphatic carbocycles. The standard InChI is InChI=1S/C13H22.C11H14.C11H16.C7H12.C5H8.C4H10.C2H6/c1-4-5-6-7-12(3)13-9-8-11(2)10-13;1-8(2)11-6-5-9(3)10(4)7-11;1-3-4-8-11-9-6-5-7-10(11)2;1-5-7(4)6(2)3;1-2-5-3-4-5;1-3-4-2;1-2/h8-9,11,13H,3-7,10H2,1-2H3;5-7H,1H2,2-4H3;5-7,9H,3-4,8H2,1-2H3;5H,2H2,1,3-4H3;2,5H,1,3-4H2;3-4H2,1-2H3;1-2H3/b;;;7-5+;;;. The average molecular weight is 725 g/mol. The van der Waals surface area contributed by atoms with E-state index in [1.165, 1.54) is 116 Å². The fourth-order valence-electron chi connectivity index (χ4n) is 4.81. The molecular weight excluding hydrogens is 637 g/mol. The Morgan fingerprint density at radius 3 is 1.68 bits per heavy atom. The molecule has 2 unspecified atom stereocenters. The first-order chi connectivity index (χ1) is 25.2. The van der Waals surface area contributed by atoms with E-state index in [1.54, 1.807) is 0 Å². The van der Waals surface area contributed by atoms with Crippen molar-refractivity contribution in [1.82, 2.24) is 0 Å². The number of rotatable bonds is 12. The Kier molecular flexibility index (Phi) is 36.7. The number of hydrogen-bond acceptors (Lipinski definition) is 0. The van der Waals surface area contributed by atoms with Crippen molar-refractivity contribution in [2.75, 3.05) is 0 Å². The third kappa shape index (κ3) is 31.0. The summed E-state index contributed by atoms with van der Waals surface area (Å²) in [7, 11) is 0. The molecule has 0 N–H and O–H groups in total. The van der Waals surface area contributed by atoms with Crippen LogP contribution in [0.3, 0.4) is 0 Å². The molecule has 2 aromatic carbocycles. The number of allylic oxidation sites excluding steroid dienone is 8. The van der Waals surface area contributed by atoms with Gasteiger partial charge in [-0.05, 0) is 139 Å². The zero-order valence-electron chi connectivity index (χ0n) is 37.9. The molecule has 2 atom stereocenters. The normalized spacial score (nSPS) is 14.9. The molecule has 0 amide bonds. The van der Waals surface area contributed by atoms with Gasteiger partial charge in [0.1, 0.15) is 0 Å². The summed E-state index contributed by atoms with van der Waals surface area (Å²) < 4.78 is 0. The molecule has 1 fully saturated rings. The quantitative estimate of drug-likeness (QED) is 0.116. The molecule has 0 heterocycles. The third-order valence-corrected chi connectivity index (χ3v) is 9.55. The summed E-state index contributed by atoms with van der Waals surface area (Å²) in [4.78, 5) is 0. The second-order valence-electron chi connectivity index (χ2n) is 14.8. The van der Waals surface area contributed by atoms with E-state index < -0.39 is 0 Å². The van der Waals surface area contributed by atoms with Gasteiger partial charge in [-0.1, -0.05) is 189 Å². The van der Waals surface area contributed by atoms with Crippen molar-refractivity contribution >= 4 is 5.57 Å². The van der Waals surface area contributed by atoms with Crippen LogP contribution in [0.5, 0.6) is 0 Å². The van der Waals surface area contributed by atoms with E-state index in [-0.39, 0.29) is 0 Å². The van der Waals surface area contributed by atoms with E-state index in [2.05, 4.69) is 149 Å². The third-order valence-electron chi connectivity index (χ3n) is 9.55. The predicted octanol–water partition coefficient (Wildman–Crippen LogP) is 18.0. The Labute approximate surface area is 333 Å². The Bertz CT molecular complexity index is 1290. The van der Waals surface area contributed by atoms with E-state index in [1.807, 2.05) is 40.7 Å². The lowest BCUT2D eigenvalue weighted by atomic mass is 9.93. The Hall–Kier alpha value is -3.12. The van der Waals surface area contributed by atoms with Crippen LogP contribution in [-0.4, -0.2) is 0 Å². The van der Waals surface area contributed by atoms with Crippen LogP contribution in [0.25, 0.3) is 5.57 Å². The SMILES string of the molecule is C=C(C)/C(C)=C/C.C=C(C)c1ccc(C)c(C)c1.C=C(CCCCC)C1C=CC(C)C1.C=CC1CC1.CC.CCCC.CCCCc1ccccc1C. The summed E-state index contributed by atoms with van der Waals surface area (Å²) in [6.07, 6.45) is 24.5. The van der Waals surface area contributed by atoms with Gasteiger partial charge in [-0.3, -0.25) is 0 Å². The maximum Gasteiger partial charge on any atom is -0.00204 e. The summed E-state index contributed by atoms with van der Waals surface area (Å²) in [5, 5.41) is 0. The molecule has 0 bridgehead atoms. The van der Waals surface area contributed by atoms with Gasteiger partial charge in [-0.2, -0.15) is 0 Å². The highest BCUT2D eigenvalue weighted by atomic mass is 14.2. The first kappa shape index (κ1) is 54.2. The molecule has 0 aromatic heterocycles. The Morgan fingerprint density at radius 2 is 1.32 bits per heavy atom. The van der Waals surface area contributed by atoms with E-state index in [0.717, 1.165) is 23.0 Å². The minimum Gasteiger partial charge on any atom is -0.103 e. The summed E-state index contributed by atoms with van der Waals surface area (Å²) in [6, 6.07) is 15.1. The lowest BCUT2D eigenvalue weighted by Crippen LogP contribution is -1.98. The van der Waals surface area contributed by atoms with E-state index in [9.17, 15) is 0 Å². The summed E-state index contributed by atoms with van der Waals surface area (Å²) >= 11 is 0. The molecule has 53 heavy (non-hydrogen) atoms. The zero-order valence-corrected chi connectivity index (χ0v) is 37.9. The highest BCUT2D eigenvalue weighted by molar-refractivity contribution is 5.62. The van der Waals surface area contributed by atoms with Crippen molar-refractivity contribution in [3.8, 4) is 0 Å². The minimum atomic E-state index is 0.687. The molecule has 0 saturated heterocycles. The molecule has 0 radical (unpaired) electrons. The molecule has 2 aromatic rings. The molecule has 300 valence electrons. The largest absolute Gasteiger partial charge is 0.103 e. The van der Waals surface area contributed by atoms with Gasteiger partial charge in [0, 0.05) is 0 Å². The van der Waals surface area contributed by atoms with E-state index >= 15 is 0 Å². The fraction of sp³-hybridized carbons (Fsp3) is 0.547. The van der Waals surface area contributed by atoms with Crippen LogP contribution in [0.4, 0.5) is 0 Å². The molecule has 4 rings (SSSR count). The van der Waals surface area contributed by atoms with Gasteiger partial charge in [0.15, 0.2) is 0 Å². The first-order valence-electron chi connectivity index (χ1n) is 21.3. The first-order valence-corrected chi connectivity index (χ1v) is 21.3. The van der Waals surface area contributed by atoms with Gasteiger partial charge < -0.3 is 0 Å². The van der Waals surface area contributed by atoms with Crippen LogP contribution < -0.4 is 0 Å². The van der Waals surface area contributed by atoms with Crippen LogP contribution >= 0.6 is 0 Å². The monoisotopic (exact) mass is 725 g/mol.